The maximum Gasteiger partial charge on any atom is 0.227 e. The van der Waals surface area contributed by atoms with Gasteiger partial charge in [-0.3, -0.25) is 9.59 Å². The molecule has 31 heavy (non-hydrogen) atoms. The number of aliphatic hydroxyl groups excluding tert-OH is 2. The van der Waals surface area contributed by atoms with E-state index in [2.05, 4.69) is 0 Å². The minimum absolute atomic E-state index is 0.0126. The highest BCUT2D eigenvalue weighted by Crippen LogP contribution is 2.36. The Bertz CT molecular complexity index is 951. The Morgan fingerprint density at radius 3 is 2.10 bits per heavy atom. The van der Waals surface area contributed by atoms with Crippen molar-refractivity contribution in [2.24, 2.45) is 0 Å². The van der Waals surface area contributed by atoms with E-state index in [1.54, 1.807) is 6.92 Å². The molecule has 2 aromatic rings. The molecule has 9 nitrogen and oxygen atoms in total. The molecule has 2 aromatic carbocycles. The number of hydrogen-bond acceptors (Lipinski definition) is 8. The predicted octanol–water partition coefficient (Wildman–Crippen LogP) is 0.961. The van der Waals surface area contributed by atoms with Crippen LogP contribution in [0, 0.1) is 0 Å². The summed E-state index contributed by atoms with van der Waals surface area (Å²) in [5.74, 6) is -2.00. The second kappa shape index (κ2) is 10.6. The Morgan fingerprint density at radius 2 is 1.58 bits per heavy atom. The van der Waals surface area contributed by atoms with Crippen molar-refractivity contribution in [2.45, 2.75) is 19.8 Å². The van der Waals surface area contributed by atoms with Crippen molar-refractivity contribution in [2.75, 3.05) is 33.4 Å². The molecule has 0 aromatic heterocycles. The van der Waals surface area contributed by atoms with Gasteiger partial charge in [0.05, 0.1) is 32.3 Å². The molecule has 9 heteroatoms. The van der Waals surface area contributed by atoms with Crippen molar-refractivity contribution in [3.05, 3.63) is 46.5 Å². The van der Waals surface area contributed by atoms with Crippen LogP contribution in [0.2, 0.25) is 0 Å². The first-order chi connectivity index (χ1) is 14.8. The molecule has 0 aliphatic rings. The number of benzene rings is 2. The average Bonchev–Trinajstić information content (AvgIpc) is 2.73. The van der Waals surface area contributed by atoms with Crippen LogP contribution in [0.15, 0.2) is 24.3 Å². The van der Waals surface area contributed by atoms with Crippen molar-refractivity contribution in [3.63, 3.8) is 0 Å². The Kier molecular flexibility index (Phi) is 8.23. The number of phenols is 3. The van der Waals surface area contributed by atoms with E-state index in [0.717, 1.165) is 6.07 Å². The maximum atomic E-state index is 13.2. The molecule has 5 N–H and O–H groups in total. The quantitative estimate of drug-likeness (QED) is 0.348. The smallest absolute Gasteiger partial charge is 0.227 e. The Labute approximate surface area is 179 Å². The average molecular weight is 433 g/mol. The zero-order valence-electron chi connectivity index (χ0n) is 17.5. The predicted molar refractivity (Wildman–Crippen MR) is 112 cm³/mol. The highest BCUT2D eigenvalue weighted by Gasteiger charge is 2.26. The van der Waals surface area contributed by atoms with Crippen LogP contribution in [0.4, 0.5) is 0 Å². The first kappa shape index (κ1) is 24.0. The molecule has 0 unspecified atom stereocenters. The summed E-state index contributed by atoms with van der Waals surface area (Å²) in [4.78, 5) is 27.3. The number of nitrogens with zero attached hydrogens (tertiary/aromatic N) is 1. The van der Waals surface area contributed by atoms with Gasteiger partial charge in [-0.05, 0) is 35.7 Å². The molecule has 0 aliphatic heterocycles. The third-order valence-electron chi connectivity index (χ3n) is 4.95. The molecular formula is C22H27NO8. The molecule has 1 amide bonds. The molecule has 0 atom stereocenters. The van der Waals surface area contributed by atoms with Crippen molar-refractivity contribution in [3.8, 4) is 23.0 Å². The third-order valence-corrected chi connectivity index (χ3v) is 4.95. The fourth-order valence-corrected chi connectivity index (χ4v) is 3.43. The Hall–Kier alpha value is -3.30. The van der Waals surface area contributed by atoms with Gasteiger partial charge in [0.25, 0.3) is 0 Å². The minimum atomic E-state index is -0.649. The molecule has 0 fully saturated rings. The maximum absolute atomic E-state index is 13.2. The van der Waals surface area contributed by atoms with Crippen molar-refractivity contribution in [1.29, 1.82) is 0 Å². The minimum Gasteiger partial charge on any atom is -0.508 e. The van der Waals surface area contributed by atoms with Gasteiger partial charge in [-0.2, -0.15) is 0 Å². The number of aromatic hydroxyl groups is 3. The van der Waals surface area contributed by atoms with E-state index >= 15 is 0 Å². The van der Waals surface area contributed by atoms with E-state index < -0.39 is 17.4 Å². The number of rotatable bonds is 10. The Balaban J connectivity index is 2.58. The van der Waals surface area contributed by atoms with E-state index in [-0.39, 0.29) is 73.1 Å². The molecule has 0 saturated carbocycles. The van der Waals surface area contributed by atoms with Crippen LogP contribution in [0.1, 0.15) is 34.0 Å². The normalized spacial score (nSPS) is 10.7. The number of phenolic OH excluding ortho intramolecular Hbond substituents is 3. The summed E-state index contributed by atoms with van der Waals surface area (Å²) in [6.07, 6.45) is -0.0583. The number of carbonyl (C=O) groups excluding carboxylic acids is 2. The summed E-state index contributed by atoms with van der Waals surface area (Å²) in [5, 5.41) is 49.2. The fraction of sp³-hybridized carbons (Fsp3) is 0.364. The third kappa shape index (κ3) is 5.25. The van der Waals surface area contributed by atoms with Crippen molar-refractivity contribution in [1.82, 2.24) is 4.90 Å². The highest BCUT2D eigenvalue weighted by molar-refractivity contribution is 6.12. The number of ether oxygens (including phenoxy) is 1. The number of ketones is 1. The van der Waals surface area contributed by atoms with Gasteiger partial charge in [-0.1, -0.05) is 6.92 Å². The highest BCUT2D eigenvalue weighted by atomic mass is 16.5. The van der Waals surface area contributed by atoms with E-state index in [1.807, 2.05) is 0 Å². The van der Waals surface area contributed by atoms with Gasteiger partial charge in [0, 0.05) is 24.7 Å². The van der Waals surface area contributed by atoms with Crippen LogP contribution in [0.5, 0.6) is 23.0 Å². The zero-order valence-corrected chi connectivity index (χ0v) is 17.5. The standard InChI is InChI=1S/C22H27NO8/c1-3-14-15(11-20(29)23(6-8-24)7-9-25)21(18(28)12-16(14)26)22(30)13-4-5-19(31-2)17(27)10-13/h4-5,10,12,24-28H,3,6-9,11H2,1-2H3. The molecule has 0 aliphatic carbocycles. The summed E-state index contributed by atoms with van der Waals surface area (Å²) < 4.78 is 4.98. The van der Waals surface area contributed by atoms with E-state index in [0.29, 0.717) is 5.56 Å². The molecular weight excluding hydrogens is 406 g/mol. The number of carbonyl (C=O) groups is 2. The number of hydrogen-bond donors (Lipinski definition) is 5. The van der Waals surface area contributed by atoms with Crippen LogP contribution in [-0.2, 0) is 17.6 Å². The lowest BCUT2D eigenvalue weighted by molar-refractivity contribution is -0.131. The molecule has 0 spiro atoms. The summed E-state index contributed by atoms with van der Waals surface area (Å²) in [6.45, 7) is 1.08. The van der Waals surface area contributed by atoms with Crippen molar-refractivity contribution >= 4 is 11.7 Å². The second-order valence-corrected chi connectivity index (χ2v) is 6.82. The molecule has 0 saturated heterocycles. The number of amides is 1. The van der Waals surface area contributed by atoms with Crippen LogP contribution in [0.25, 0.3) is 0 Å². The van der Waals surface area contributed by atoms with E-state index in [9.17, 15) is 35.1 Å². The lowest BCUT2D eigenvalue weighted by Gasteiger charge is -2.23. The first-order valence-corrected chi connectivity index (χ1v) is 9.76. The van der Waals surface area contributed by atoms with Crippen LogP contribution in [-0.4, -0.2) is 75.5 Å². The van der Waals surface area contributed by atoms with Crippen LogP contribution in [0.3, 0.4) is 0 Å². The van der Waals surface area contributed by atoms with Gasteiger partial charge < -0.3 is 35.2 Å². The fourth-order valence-electron chi connectivity index (χ4n) is 3.43. The van der Waals surface area contributed by atoms with Gasteiger partial charge in [-0.15, -0.1) is 0 Å². The van der Waals surface area contributed by atoms with Gasteiger partial charge in [0.1, 0.15) is 11.5 Å². The summed E-state index contributed by atoms with van der Waals surface area (Å²) in [6, 6.07) is 5.04. The Morgan fingerprint density at radius 1 is 0.935 bits per heavy atom. The lowest BCUT2D eigenvalue weighted by atomic mass is 9.89. The zero-order chi connectivity index (χ0) is 23.1. The largest absolute Gasteiger partial charge is 0.508 e. The molecule has 0 heterocycles. The molecule has 0 radical (unpaired) electrons. The second-order valence-electron chi connectivity index (χ2n) is 6.82. The van der Waals surface area contributed by atoms with E-state index in [4.69, 9.17) is 4.74 Å². The van der Waals surface area contributed by atoms with Gasteiger partial charge in [0.15, 0.2) is 17.3 Å². The number of methoxy groups -OCH3 is 1. The first-order valence-electron chi connectivity index (χ1n) is 9.76. The summed E-state index contributed by atoms with van der Waals surface area (Å²) in [7, 11) is 1.37. The summed E-state index contributed by atoms with van der Waals surface area (Å²) >= 11 is 0. The van der Waals surface area contributed by atoms with Gasteiger partial charge in [0.2, 0.25) is 5.91 Å². The van der Waals surface area contributed by atoms with Gasteiger partial charge >= 0.3 is 0 Å². The summed E-state index contributed by atoms with van der Waals surface area (Å²) in [5.41, 5.74) is 0.351. The topological polar surface area (TPSA) is 148 Å². The SMILES string of the molecule is CCc1c(O)cc(O)c(C(=O)c2ccc(OC)c(O)c2)c1CC(=O)N(CCO)CCO. The monoisotopic (exact) mass is 433 g/mol. The molecule has 0 bridgehead atoms. The van der Waals surface area contributed by atoms with Crippen LogP contribution < -0.4 is 4.74 Å². The van der Waals surface area contributed by atoms with Crippen molar-refractivity contribution < 1.29 is 39.9 Å². The number of aliphatic hydroxyl groups is 2. The van der Waals surface area contributed by atoms with E-state index in [1.165, 1.54) is 30.2 Å². The molecule has 2 rings (SSSR count). The van der Waals surface area contributed by atoms with Gasteiger partial charge in [-0.25, -0.2) is 0 Å². The lowest BCUT2D eigenvalue weighted by Crippen LogP contribution is -2.37. The molecule has 168 valence electrons. The van der Waals surface area contributed by atoms with Crippen LogP contribution >= 0.6 is 0 Å².